The lowest BCUT2D eigenvalue weighted by atomic mass is 9.96. The van der Waals surface area contributed by atoms with Gasteiger partial charge in [-0.15, -0.1) is 0 Å². The maximum atomic E-state index is 12.5. The van der Waals surface area contributed by atoms with Gasteiger partial charge in [0, 0.05) is 5.56 Å². The van der Waals surface area contributed by atoms with Crippen LogP contribution in [0.1, 0.15) is 16.7 Å². The van der Waals surface area contributed by atoms with Crippen molar-refractivity contribution in [3.8, 4) is 0 Å². The van der Waals surface area contributed by atoms with Crippen LogP contribution in [0.25, 0.3) is 27.6 Å². The average Bonchev–Trinajstić information content (AvgIpc) is 3.08. The Balaban J connectivity index is 1.72. The van der Waals surface area contributed by atoms with Gasteiger partial charge in [0.25, 0.3) is 0 Å². The molecule has 28 heavy (non-hydrogen) atoms. The highest BCUT2D eigenvalue weighted by Crippen LogP contribution is 2.31. The number of hydrogen-bond donors (Lipinski definition) is 0. The van der Waals surface area contributed by atoms with E-state index in [1.165, 1.54) is 0 Å². The second kappa shape index (κ2) is 6.46. The smallest absolute Gasteiger partial charge is 0.363 e. The number of esters is 1. The molecule has 0 radical (unpaired) electrons. The number of carbonyl (C=O) groups is 1. The molecule has 0 unspecified atom stereocenters. The summed E-state index contributed by atoms with van der Waals surface area (Å²) in [6.45, 7) is 2.00. The standard InChI is InChI=1S/C25H17NO2/c1-16-7-6-10-19(13-16)24-26-23(25(27)28-24)15-22-20-11-4-2-8-17(20)14-18-9-3-5-12-21(18)22/h2-15H,1H3/b23-15+. The summed E-state index contributed by atoms with van der Waals surface area (Å²) < 4.78 is 5.45. The maximum absolute atomic E-state index is 12.5. The van der Waals surface area contributed by atoms with Crippen molar-refractivity contribution in [2.75, 3.05) is 0 Å². The third-order valence-electron chi connectivity index (χ3n) is 4.98. The summed E-state index contributed by atoms with van der Waals surface area (Å²) in [5, 5.41) is 4.42. The van der Waals surface area contributed by atoms with Crippen molar-refractivity contribution in [3.05, 3.63) is 101 Å². The van der Waals surface area contributed by atoms with E-state index in [1.54, 1.807) is 0 Å². The zero-order valence-electron chi connectivity index (χ0n) is 15.3. The molecule has 0 amide bonds. The molecule has 4 aromatic carbocycles. The fourth-order valence-electron chi connectivity index (χ4n) is 3.65. The van der Waals surface area contributed by atoms with Gasteiger partial charge in [-0.3, -0.25) is 0 Å². The maximum Gasteiger partial charge on any atom is 0.363 e. The normalized spacial score (nSPS) is 15.2. The Morgan fingerprint density at radius 2 is 1.50 bits per heavy atom. The van der Waals surface area contributed by atoms with Crippen molar-refractivity contribution < 1.29 is 9.53 Å². The summed E-state index contributed by atoms with van der Waals surface area (Å²) in [7, 11) is 0. The van der Waals surface area contributed by atoms with Crippen molar-refractivity contribution in [3.63, 3.8) is 0 Å². The minimum Gasteiger partial charge on any atom is -0.402 e. The molecule has 0 saturated heterocycles. The number of benzene rings is 4. The third-order valence-corrected chi connectivity index (χ3v) is 4.98. The van der Waals surface area contributed by atoms with E-state index in [0.29, 0.717) is 11.6 Å². The average molecular weight is 363 g/mol. The number of carbonyl (C=O) groups excluding carboxylic acids is 1. The molecule has 1 aliphatic heterocycles. The number of hydrogen-bond acceptors (Lipinski definition) is 3. The van der Waals surface area contributed by atoms with Crippen LogP contribution >= 0.6 is 0 Å². The van der Waals surface area contributed by atoms with Crippen LogP contribution in [0.15, 0.2) is 89.6 Å². The molecule has 0 fully saturated rings. The minimum atomic E-state index is -0.423. The predicted molar refractivity (Wildman–Crippen MR) is 113 cm³/mol. The molecule has 1 heterocycles. The Morgan fingerprint density at radius 3 is 2.18 bits per heavy atom. The molecule has 3 heteroatoms. The second-order valence-corrected chi connectivity index (χ2v) is 6.94. The Hall–Kier alpha value is -3.72. The van der Waals surface area contributed by atoms with Gasteiger partial charge in [0.15, 0.2) is 5.70 Å². The minimum absolute atomic E-state index is 0.318. The molecule has 1 aliphatic rings. The molecule has 0 bridgehead atoms. The first-order chi connectivity index (χ1) is 13.7. The van der Waals surface area contributed by atoms with E-state index in [-0.39, 0.29) is 0 Å². The first-order valence-electron chi connectivity index (χ1n) is 9.19. The lowest BCUT2D eigenvalue weighted by molar-refractivity contribution is -0.129. The molecule has 0 aliphatic carbocycles. The largest absolute Gasteiger partial charge is 0.402 e. The molecular formula is C25H17NO2. The van der Waals surface area contributed by atoms with Gasteiger partial charge in [0.2, 0.25) is 5.90 Å². The zero-order chi connectivity index (χ0) is 19.1. The molecule has 134 valence electrons. The highest BCUT2D eigenvalue weighted by molar-refractivity contribution is 6.15. The van der Waals surface area contributed by atoms with Crippen LogP contribution in [-0.4, -0.2) is 11.9 Å². The quantitative estimate of drug-likeness (QED) is 0.262. The summed E-state index contributed by atoms with van der Waals surface area (Å²) in [6, 6.07) is 26.3. The zero-order valence-corrected chi connectivity index (χ0v) is 15.3. The third kappa shape index (κ3) is 2.78. The highest BCUT2D eigenvalue weighted by atomic mass is 16.6. The van der Waals surface area contributed by atoms with Crippen molar-refractivity contribution in [2.45, 2.75) is 6.92 Å². The number of aryl methyl sites for hydroxylation is 1. The van der Waals surface area contributed by atoms with Gasteiger partial charge < -0.3 is 4.74 Å². The SMILES string of the molecule is Cc1cccc(C2=N/C(=C/c3c4ccccc4cc4ccccc34)C(=O)O2)c1. The molecule has 5 rings (SSSR count). The number of cyclic esters (lactones) is 1. The topological polar surface area (TPSA) is 38.7 Å². The number of nitrogens with zero attached hydrogens (tertiary/aromatic N) is 1. The van der Waals surface area contributed by atoms with Gasteiger partial charge in [-0.2, -0.15) is 0 Å². The monoisotopic (exact) mass is 363 g/mol. The van der Waals surface area contributed by atoms with Crippen LogP contribution in [0.5, 0.6) is 0 Å². The number of ether oxygens (including phenoxy) is 1. The molecule has 0 saturated carbocycles. The Kier molecular flexibility index (Phi) is 3.80. The summed E-state index contributed by atoms with van der Waals surface area (Å²) >= 11 is 0. The molecule has 3 nitrogen and oxygen atoms in total. The first kappa shape index (κ1) is 16.5. The lowest BCUT2D eigenvalue weighted by Gasteiger charge is -2.08. The molecule has 0 atom stereocenters. The van der Waals surface area contributed by atoms with E-state index in [2.05, 4.69) is 35.3 Å². The van der Waals surface area contributed by atoms with Gasteiger partial charge in [0.1, 0.15) is 0 Å². The van der Waals surface area contributed by atoms with Crippen molar-refractivity contribution >= 4 is 39.5 Å². The molecule has 4 aromatic rings. The van der Waals surface area contributed by atoms with Gasteiger partial charge in [-0.1, -0.05) is 66.2 Å². The first-order valence-corrected chi connectivity index (χ1v) is 9.19. The van der Waals surface area contributed by atoms with Gasteiger partial charge in [-0.05, 0) is 58.3 Å². The van der Waals surface area contributed by atoms with E-state index < -0.39 is 5.97 Å². The fraction of sp³-hybridized carbons (Fsp3) is 0.0400. The summed E-state index contributed by atoms with van der Waals surface area (Å²) in [5.74, 6) is -0.0713. The van der Waals surface area contributed by atoms with E-state index >= 15 is 0 Å². The van der Waals surface area contributed by atoms with E-state index in [1.807, 2.05) is 61.5 Å². The second-order valence-electron chi connectivity index (χ2n) is 6.94. The highest BCUT2D eigenvalue weighted by Gasteiger charge is 2.24. The summed E-state index contributed by atoms with van der Waals surface area (Å²) in [5.41, 5.74) is 3.20. The molecule has 0 spiro atoms. The van der Waals surface area contributed by atoms with Crippen LogP contribution < -0.4 is 0 Å². The number of fused-ring (bicyclic) bond motifs is 2. The van der Waals surface area contributed by atoms with Crippen LogP contribution in [-0.2, 0) is 9.53 Å². The summed E-state index contributed by atoms with van der Waals surface area (Å²) in [6.07, 6.45) is 1.84. The number of rotatable bonds is 2. The van der Waals surface area contributed by atoms with Crippen molar-refractivity contribution in [1.82, 2.24) is 0 Å². The van der Waals surface area contributed by atoms with Crippen LogP contribution in [0.3, 0.4) is 0 Å². The number of aliphatic imine (C=N–C) groups is 1. The van der Waals surface area contributed by atoms with E-state index in [0.717, 1.165) is 38.2 Å². The van der Waals surface area contributed by atoms with Crippen LogP contribution in [0, 0.1) is 6.92 Å². The molecule has 0 aromatic heterocycles. The Bertz CT molecular complexity index is 1260. The van der Waals surface area contributed by atoms with Crippen LogP contribution in [0.2, 0.25) is 0 Å². The Labute approximate surface area is 162 Å². The molecular weight excluding hydrogens is 346 g/mol. The fourth-order valence-corrected chi connectivity index (χ4v) is 3.65. The van der Waals surface area contributed by atoms with Crippen LogP contribution in [0.4, 0.5) is 0 Å². The predicted octanol–water partition coefficient (Wildman–Crippen LogP) is 5.65. The molecule has 0 N–H and O–H groups in total. The van der Waals surface area contributed by atoms with E-state index in [4.69, 9.17) is 4.74 Å². The van der Waals surface area contributed by atoms with Gasteiger partial charge in [-0.25, -0.2) is 9.79 Å². The van der Waals surface area contributed by atoms with E-state index in [9.17, 15) is 4.79 Å². The summed E-state index contributed by atoms with van der Waals surface area (Å²) in [4.78, 5) is 17.0. The van der Waals surface area contributed by atoms with Crippen molar-refractivity contribution in [2.24, 2.45) is 4.99 Å². The van der Waals surface area contributed by atoms with Gasteiger partial charge in [0.05, 0.1) is 0 Å². The van der Waals surface area contributed by atoms with Gasteiger partial charge >= 0.3 is 5.97 Å². The lowest BCUT2D eigenvalue weighted by Crippen LogP contribution is -2.05. The van der Waals surface area contributed by atoms with Crippen molar-refractivity contribution in [1.29, 1.82) is 0 Å². The Morgan fingerprint density at radius 1 is 0.821 bits per heavy atom.